The molecule has 0 spiro atoms. The minimum Gasteiger partial charge on any atom is -0.375 e. The minimum atomic E-state index is -0.485. The Labute approximate surface area is 183 Å². The standard InChI is InChI=1S/C23H22FN5O3/c1-25-22(31)21-19-8-10-28(20(30)12-27-17-3-2-9-26-11-17)13-15(19)14-29(23(21)32)18-6-4-16(24)5-7-18/h2-7,9,11,14,27H,8,10,12-13H2,1H3,(H,25,31). The van der Waals surface area contributed by atoms with Gasteiger partial charge < -0.3 is 15.5 Å². The molecule has 0 aliphatic carbocycles. The van der Waals surface area contributed by atoms with Crippen molar-refractivity contribution in [2.24, 2.45) is 0 Å². The second kappa shape index (κ2) is 9.01. The molecule has 0 radical (unpaired) electrons. The summed E-state index contributed by atoms with van der Waals surface area (Å²) in [5.41, 5.74) is 2.09. The second-order valence-electron chi connectivity index (χ2n) is 7.40. The molecule has 2 amide bonds. The van der Waals surface area contributed by atoms with E-state index in [4.69, 9.17) is 0 Å². The predicted octanol–water partition coefficient (Wildman–Crippen LogP) is 1.73. The van der Waals surface area contributed by atoms with E-state index in [0.29, 0.717) is 29.8 Å². The quantitative estimate of drug-likeness (QED) is 0.636. The smallest absolute Gasteiger partial charge is 0.268 e. The molecule has 164 valence electrons. The highest BCUT2D eigenvalue weighted by molar-refractivity contribution is 5.95. The molecule has 0 saturated heterocycles. The predicted molar refractivity (Wildman–Crippen MR) is 117 cm³/mol. The average Bonchev–Trinajstić information content (AvgIpc) is 2.82. The lowest BCUT2D eigenvalue weighted by atomic mass is 9.95. The Morgan fingerprint density at radius 1 is 1.19 bits per heavy atom. The van der Waals surface area contributed by atoms with Crippen molar-refractivity contribution in [3.63, 3.8) is 0 Å². The Balaban J connectivity index is 1.65. The summed E-state index contributed by atoms with van der Waals surface area (Å²) in [7, 11) is 1.46. The molecule has 8 nitrogen and oxygen atoms in total. The Hall–Kier alpha value is -4.01. The van der Waals surface area contributed by atoms with E-state index in [-0.39, 0.29) is 24.6 Å². The summed E-state index contributed by atoms with van der Waals surface area (Å²) in [6, 6.07) is 9.05. The monoisotopic (exact) mass is 435 g/mol. The van der Waals surface area contributed by atoms with Crippen molar-refractivity contribution < 1.29 is 14.0 Å². The first-order valence-corrected chi connectivity index (χ1v) is 10.1. The highest BCUT2D eigenvalue weighted by atomic mass is 19.1. The molecule has 4 rings (SSSR count). The molecule has 0 saturated carbocycles. The number of carbonyl (C=O) groups is 2. The van der Waals surface area contributed by atoms with Crippen LogP contribution in [0.2, 0.25) is 0 Å². The van der Waals surface area contributed by atoms with Gasteiger partial charge in [-0.05, 0) is 53.9 Å². The van der Waals surface area contributed by atoms with E-state index in [9.17, 15) is 18.8 Å². The maximum absolute atomic E-state index is 13.4. The molecule has 1 aliphatic heterocycles. The van der Waals surface area contributed by atoms with E-state index < -0.39 is 17.3 Å². The molecule has 0 atom stereocenters. The van der Waals surface area contributed by atoms with Crippen molar-refractivity contribution >= 4 is 17.5 Å². The van der Waals surface area contributed by atoms with Crippen molar-refractivity contribution in [3.05, 3.63) is 87.9 Å². The molecule has 0 fully saturated rings. The lowest BCUT2D eigenvalue weighted by Crippen LogP contribution is -2.42. The van der Waals surface area contributed by atoms with Gasteiger partial charge in [0.05, 0.1) is 12.2 Å². The van der Waals surface area contributed by atoms with Crippen LogP contribution in [0, 0.1) is 5.82 Å². The molecule has 0 bridgehead atoms. The number of amides is 2. The molecule has 1 aromatic carbocycles. The van der Waals surface area contributed by atoms with E-state index in [0.717, 1.165) is 5.69 Å². The van der Waals surface area contributed by atoms with Gasteiger partial charge in [0, 0.05) is 44.4 Å². The van der Waals surface area contributed by atoms with Crippen molar-refractivity contribution in [2.45, 2.75) is 13.0 Å². The van der Waals surface area contributed by atoms with Gasteiger partial charge in [0.2, 0.25) is 5.91 Å². The summed E-state index contributed by atoms with van der Waals surface area (Å²) in [5, 5.41) is 5.57. The summed E-state index contributed by atoms with van der Waals surface area (Å²) in [6.07, 6.45) is 5.30. The van der Waals surface area contributed by atoms with E-state index in [1.165, 1.54) is 35.9 Å². The topological polar surface area (TPSA) is 96.3 Å². The van der Waals surface area contributed by atoms with Gasteiger partial charge in [-0.3, -0.25) is 23.9 Å². The van der Waals surface area contributed by atoms with Gasteiger partial charge in [0.25, 0.3) is 11.5 Å². The lowest BCUT2D eigenvalue weighted by molar-refractivity contribution is -0.130. The van der Waals surface area contributed by atoms with Gasteiger partial charge in [0.15, 0.2) is 0 Å². The molecule has 9 heteroatoms. The molecule has 3 aromatic rings. The largest absolute Gasteiger partial charge is 0.375 e. The number of nitrogens with zero attached hydrogens (tertiary/aromatic N) is 3. The zero-order valence-corrected chi connectivity index (χ0v) is 17.5. The Morgan fingerprint density at radius 2 is 1.97 bits per heavy atom. The maximum atomic E-state index is 13.4. The van der Waals surface area contributed by atoms with Crippen LogP contribution < -0.4 is 16.2 Å². The van der Waals surface area contributed by atoms with Crippen molar-refractivity contribution in [1.82, 2.24) is 19.8 Å². The van der Waals surface area contributed by atoms with Crippen LogP contribution in [0.5, 0.6) is 0 Å². The summed E-state index contributed by atoms with van der Waals surface area (Å²) in [5.74, 6) is -1.02. The van der Waals surface area contributed by atoms with Gasteiger partial charge in [-0.15, -0.1) is 0 Å². The van der Waals surface area contributed by atoms with E-state index in [2.05, 4.69) is 15.6 Å². The summed E-state index contributed by atoms with van der Waals surface area (Å²) >= 11 is 0. The fourth-order valence-corrected chi connectivity index (χ4v) is 3.78. The van der Waals surface area contributed by atoms with Crippen LogP contribution in [-0.4, -0.2) is 46.4 Å². The van der Waals surface area contributed by atoms with Crippen LogP contribution in [0.1, 0.15) is 21.5 Å². The summed E-state index contributed by atoms with van der Waals surface area (Å²) in [4.78, 5) is 44.1. The maximum Gasteiger partial charge on any atom is 0.268 e. The zero-order valence-electron chi connectivity index (χ0n) is 17.5. The zero-order chi connectivity index (χ0) is 22.7. The van der Waals surface area contributed by atoms with Gasteiger partial charge in [-0.25, -0.2) is 4.39 Å². The van der Waals surface area contributed by atoms with Crippen molar-refractivity contribution in [2.75, 3.05) is 25.5 Å². The molecule has 32 heavy (non-hydrogen) atoms. The number of hydrogen-bond acceptors (Lipinski definition) is 5. The third-order valence-electron chi connectivity index (χ3n) is 5.42. The molecular weight excluding hydrogens is 413 g/mol. The first kappa shape index (κ1) is 21.2. The number of carbonyl (C=O) groups excluding carboxylic acids is 2. The lowest BCUT2D eigenvalue weighted by Gasteiger charge is -2.30. The summed E-state index contributed by atoms with van der Waals surface area (Å²) < 4.78 is 14.7. The summed E-state index contributed by atoms with van der Waals surface area (Å²) in [6.45, 7) is 0.750. The highest BCUT2D eigenvalue weighted by Crippen LogP contribution is 2.22. The number of fused-ring (bicyclic) bond motifs is 1. The van der Waals surface area contributed by atoms with E-state index >= 15 is 0 Å². The average molecular weight is 435 g/mol. The number of aromatic nitrogens is 2. The normalized spacial score (nSPS) is 12.8. The first-order chi connectivity index (χ1) is 15.5. The molecule has 2 aromatic heterocycles. The van der Waals surface area contributed by atoms with Crippen molar-refractivity contribution in [1.29, 1.82) is 0 Å². The number of nitrogens with one attached hydrogen (secondary N) is 2. The Kier molecular flexibility index (Phi) is 5.98. The van der Waals surface area contributed by atoms with Crippen LogP contribution >= 0.6 is 0 Å². The van der Waals surface area contributed by atoms with Gasteiger partial charge in [0.1, 0.15) is 11.4 Å². The number of pyridine rings is 2. The Bertz CT molecular complexity index is 1210. The fraction of sp³-hybridized carbons (Fsp3) is 0.217. The van der Waals surface area contributed by atoms with Gasteiger partial charge >= 0.3 is 0 Å². The van der Waals surface area contributed by atoms with E-state index in [1.807, 2.05) is 6.07 Å². The van der Waals surface area contributed by atoms with Crippen LogP contribution in [0.25, 0.3) is 5.69 Å². The molecule has 0 unspecified atom stereocenters. The SMILES string of the molecule is CNC(=O)c1c2c(cn(-c3ccc(F)cc3)c1=O)CN(C(=O)CNc1cccnc1)CC2. The first-order valence-electron chi connectivity index (χ1n) is 10.1. The van der Waals surface area contributed by atoms with E-state index in [1.54, 1.807) is 29.6 Å². The van der Waals surface area contributed by atoms with Crippen LogP contribution in [0.3, 0.4) is 0 Å². The van der Waals surface area contributed by atoms with Crippen molar-refractivity contribution in [3.8, 4) is 5.69 Å². The highest BCUT2D eigenvalue weighted by Gasteiger charge is 2.28. The molecule has 2 N–H and O–H groups in total. The number of rotatable bonds is 5. The molecule has 3 heterocycles. The number of anilines is 1. The van der Waals surface area contributed by atoms with Crippen LogP contribution in [0.15, 0.2) is 59.8 Å². The number of halogens is 1. The van der Waals surface area contributed by atoms with Crippen LogP contribution in [0.4, 0.5) is 10.1 Å². The third-order valence-corrected chi connectivity index (χ3v) is 5.42. The Morgan fingerprint density at radius 3 is 2.66 bits per heavy atom. The minimum absolute atomic E-state index is 0.0508. The van der Waals surface area contributed by atoms with Gasteiger partial charge in [-0.2, -0.15) is 0 Å². The fourth-order valence-electron chi connectivity index (χ4n) is 3.78. The molecule has 1 aliphatic rings. The van der Waals surface area contributed by atoms with Gasteiger partial charge in [-0.1, -0.05) is 0 Å². The third kappa shape index (κ3) is 4.22. The second-order valence-corrected chi connectivity index (χ2v) is 7.40. The number of hydrogen-bond donors (Lipinski definition) is 2. The molecular formula is C23H22FN5O3. The number of benzene rings is 1. The van der Waals surface area contributed by atoms with Crippen LogP contribution in [-0.2, 0) is 17.8 Å².